The fourth-order valence-electron chi connectivity index (χ4n) is 4.31. The number of nitrogens with zero attached hydrogens (tertiary/aromatic N) is 2. The highest BCUT2D eigenvalue weighted by Crippen LogP contribution is 2.43. The zero-order valence-corrected chi connectivity index (χ0v) is 17.8. The maximum absolute atomic E-state index is 12.7. The molecule has 0 atom stereocenters. The van der Waals surface area contributed by atoms with Crippen molar-refractivity contribution in [1.82, 2.24) is 9.80 Å². The molecule has 1 saturated carbocycles. The molecule has 0 bridgehead atoms. The molecule has 1 aliphatic carbocycles. The van der Waals surface area contributed by atoms with Gasteiger partial charge in [-0.1, -0.05) is 54.6 Å². The average molecular weight is 399 g/mol. The Labute approximate surface area is 175 Å². The summed E-state index contributed by atoms with van der Waals surface area (Å²) in [7, 11) is 0. The van der Waals surface area contributed by atoms with E-state index in [9.17, 15) is 4.79 Å². The summed E-state index contributed by atoms with van der Waals surface area (Å²) in [6.45, 7) is 8.46. The highest BCUT2D eigenvalue weighted by Gasteiger charge is 2.42. The Morgan fingerprint density at radius 2 is 1.46 bits per heavy atom. The second kappa shape index (κ2) is 8.67. The number of carbonyl (C=O) groups is 1. The highest BCUT2D eigenvalue weighted by atomic mass is 35.5. The number of halogens is 1. The van der Waals surface area contributed by atoms with Crippen molar-refractivity contribution in [3.8, 4) is 11.1 Å². The third-order valence-electron chi connectivity index (χ3n) is 6.44. The van der Waals surface area contributed by atoms with E-state index < -0.39 is 0 Å². The van der Waals surface area contributed by atoms with Gasteiger partial charge in [0.05, 0.1) is 6.42 Å². The summed E-state index contributed by atoms with van der Waals surface area (Å²) in [4.78, 5) is 17.4. The lowest BCUT2D eigenvalue weighted by molar-refractivity contribution is -0.133. The van der Waals surface area contributed by atoms with E-state index in [1.807, 2.05) is 11.0 Å². The smallest absolute Gasteiger partial charge is 0.227 e. The van der Waals surface area contributed by atoms with Crippen molar-refractivity contribution in [3.63, 3.8) is 0 Å². The van der Waals surface area contributed by atoms with Gasteiger partial charge in [0.25, 0.3) is 0 Å². The topological polar surface area (TPSA) is 23.6 Å². The van der Waals surface area contributed by atoms with Crippen molar-refractivity contribution in [2.45, 2.75) is 38.6 Å². The predicted octanol–water partition coefficient (Wildman–Crippen LogP) is 4.65. The number of piperazine rings is 1. The third kappa shape index (κ3) is 4.59. The maximum Gasteiger partial charge on any atom is 0.227 e. The van der Waals surface area contributed by atoms with Crippen molar-refractivity contribution in [2.24, 2.45) is 5.92 Å². The van der Waals surface area contributed by atoms with Gasteiger partial charge >= 0.3 is 0 Å². The highest BCUT2D eigenvalue weighted by molar-refractivity contribution is 5.85. The third-order valence-corrected chi connectivity index (χ3v) is 6.44. The van der Waals surface area contributed by atoms with E-state index in [-0.39, 0.29) is 18.3 Å². The fraction of sp³-hybridized carbons (Fsp3) is 0.458. The first-order chi connectivity index (χ1) is 13.0. The summed E-state index contributed by atoms with van der Waals surface area (Å²) in [5, 5.41) is 0. The molecule has 2 aromatic carbocycles. The van der Waals surface area contributed by atoms with Crippen molar-refractivity contribution in [3.05, 3.63) is 60.2 Å². The molecule has 1 aliphatic heterocycles. The zero-order chi connectivity index (χ0) is 18.9. The van der Waals surface area contributed by atoms with Gasteiger partial charge in [-0.25, -0.2) is 0 Å². The first kappa shape index (κ1) is 20.9. The maximum atomic E-state index is 12.7. The van der Waals surface area contributed by atoms with Gasteiger partial charge < -0.3 is 4.90 Å². The van der Waals surface area contributed by atoms with Gasteiger partial charge in [-0.2, -0.15) is 0 Å². The molecule has 150 valence electrons. The number of benzene rings is 2. The molecule has 2 aromatic rings. The average Bonchev–Trinajstić information content (AvgIpc) is 3.55. The second-order valence-corrected chi connectivity index (χ2v) is 8.54. The molecule has 28 heavy (non-hydrogen) atoms. The standard InChI is InChI=1S/C24H30N2O.ClH/c1-24(2,22-12-13-22)26-16-14-25(15-17-26)23(27)18-19-8-10-21(11-9-19)20-6-4-3-5-7-20;/h3-11,22H,12-18H2,1-2H3;1H. The Kier molecular flexibility index (Phi) is 6.47. The number of rotatable bonds is 5. The SMILES string of the molecule is CC(C)(C1CC1)N1CCN(C(=O)Cc2ccc(-c3ccccc3)cc2)CC1.Cl. The summed E-state index contributed by atoms with van der Waals surface area (Å²) in [6, 6.07) is 18.8. The van der Waals surface area contributed by atoms with E-state index in [1.165, 1.54) is 24.0 Å². The molecule has 1 amide bonds. The van der Waals surface area contributed by atoms with Crippen molar-refractivity contribution in [2.75, 3.05) is 26.2 Å². The molecule has 3 nitrogen and oxygen atoms in total. The minimum atomic E-state index is 0. The van der Waals surface area contributed by atoms with Crippen LogP contribution in [0.1, 0.15) is 32.3 Å². The van der Waals surface area contributed by atoms with Gasteiger partial charge in [0, 0.05) is 31.7 Å². The van der Waals surface area contributed by atoms with Crippen LogP contribution in [0.25, 0.3) is 11.1 Å². The van der Waals surface area contributed by atoms with Crippen LogP contribution >= 0.6 is 12.4 Å². The van der Waals surface area contributed by atoms with Crippen LogP contribution in [0, 0.1) is 5.92 Å². The van der Waals surface area contributed by atoms with Crippen molar-refractivity contribution < 1.29 is 4.79 Å². The fourth-order valence-corrected chi connectivity index (χ4v) is 4.31. The van der Waals surface area contributed by atoms with Crippen LogP contribution in [0.3, 0.4) is 0 Å². The molecule has 2 aliphatic rings. The summed E-state index contributed by atoms with van der Waals surface area (Å²) >= 11 is 0. The van der Waals surface area contributed by atoms with Gasteiger partial charge in [0.1, 0.15) is 0 Å². The first-order valence-corrected chi connectivity index (χ1v) is 10.2. The van der Waals surface area contributed by atoms with Gasteiger partial charge in [-0.3, -0.25) is 9.69 Å². The molecule has 1 saturated heterocycles. The Morgan fingerprint density at radius 3 is 2.04 bits per heavy atom. The van der Waals surface area contributed by atoms with Crippen molar-refractivity contribution in [1.29, 1.82) is 0 Å². The van der Waals surface area contributed by atoms with E-state index >= 15 is 0 Å². The van der Waals surface area contributed by atoms with E-state index in [1.54, 1.807) is 0 Å². The number of hydrogen-bond donors (Lipinski definition) is 0. The van der Waals surface area contributed by atoms with Crippen molar-refractivity contribution >= 4 is 18.3 Å². The van der Waals surface area contributed by atoms with Crippen LogP contribution in [0.15, 0.2) is 54.6 Å². The summed E-state index contributed by atoms with van der Waals surface area (Å²) in [5.41, 5.74) is 3.80. The lowest BCUT2D eigenvalue weighted by atomic mass is 9.95. The molecule has 0 aromatic heterocycles. The molecule has 4 heteroatoms. The minimum absolute atomic E-state index is 0. The Hall–Kier alpha value is -1.84. The largest absolute Gasteiger partial charge is 0.340 e. The van der Waals surface area contributed by atoms with Gasteiger partial charge in [-0.05, 0) is 49.3 Å². The molecule has 0 spiro atoms. The zero-order valence-electron chi connectivity index (χ0n) is 16.9. The lowest BCUT2D eigenvalue weighted by Gasteiger charge is -2.44. The molecule has 0 N–H and O–H groups in total. The summed E-state index contributed by atoms with van der Waals surface area (Å²) in [6.07, 6.45) is 3.23. The molecule has 2 fully saturated rings. The van der Waals surface area contributed by atoms with Crippen LogP contribution in [0.4, 0.5) is 0 Å². The molecule has 0 unspecified atom stereocenters. The molecular weight excluding hydrogens is 368 g/mol. The Balaban J connectivity index is 0.00000225. The Morgan fingerprint density at radius 1 is 0.893 bits per heavy atom. The summed E-state index contributed by atoms with van der Waals surface area (Å²) < 4.78 is 0. The molecule has 0 radical (unpaired) electrons. The van der Waals surface area contributed by atoms with E-state index in [4.69, 9.17) is 0 Å². The monoisotopic (exact) mass is 398 g/mol. The van der Waals surface area contributed by atoms with Crippen LogP contribution in [-0.4, -0.2) is 47.4 Å². The number of hydrogen-bond acceptors (Lipinski definition) is 2. The molecular formula is C24H31ClN2O. The number of carbonyl (C=O) groups excluding carboxylic acids is 1. The van der Waals surface area contributed by atoms with Gasteiger partial charge in [0.2, 0.25) is 5.91 Å². The summed E-state index contributed by atoms with van der Waals surface area (Å²) in [5.74, 6) is 1.11. The van der Waals surface area contributed by atoms with Gasteiger partial charge in [-0.15, -0.1) is 12.4 Å². The van der Waals surface area contributed by atoms with E-state index in [2.05, 4.69) is 67.3 Å². The van der Waals surface area contributed by atoms with E-state index in [0.29, 0.717) is 12.0 Å². The lowest BCUT2D eigenvalue weighted by Crippen LogP contribution is -2.56. The molecule has 1 heterocycles. The normalized spacial score (nSPS) is 17.9. The first-order valence-electron chi connectivity index (χ1n) is 10.2. The quantitative estimate of drug-likeness (QED) is 0.731. The van der Waals surface area contributed by atoms with Crippen LogP contribution in [-0.2, 0) is 11.2 Å². The van der Waals surface area contributed by atoms with Crippen LogP contribution < -0.4 is 0 Å². The number of amides is 1. The van der Waals surface area contributed by atoms with E-state index in [0.717, 1.165) is 37.7 Å². The van der Waals surface area contributed by atoms with Crippen LogP contribution in [0.5, 0.6) is 0 Å². The molecule has 4 rings (SSSR count). The second-order valence-electron chi connectivity index (χ2n) is 8.54. The van der Waals surface area contributed by atoms with Crippen LogP contribution in [0.2, 0.25) is 0 Å². The predicted molar refractivity (Wildman–Crippen MR) is 118 cm³/mol. The van der Waals surface area contributed by atoms with Gasteiger partial charge in [0.15, 0.2) is 0 Å². The minimum Gasteiger partial charge on any atom is -0.340 e. The Bertz CT molecular complexity index is 776.